The third-order valence-electron chi connectivity index (χ3n) is 5.61. The van der Waals surface area contributed by atoms with Gasteiger partial charge < -0.3 is 10.2 Å². The van der Waals surface area contributed by atoms with Crippen molar-refractivity contribution in [3.8, 4) is 0 Å². The first-order chi connectivity index (χ1) is 12.5. The summed E-state index contributed by atoms with van der Waals surface area (Å²) in [6.45, 7) is 9.59. The van der Waals surface area contributed by atoms with Crippen molar-refractivity contribution >= 4 is 23.2 Å². The number of nitrogens with zero attached hydrogens (tertiary/aromatic N) is 2. The molecule has 2 saturated heterocycles. The van der Waals surface area contributed by atoms with Crippen LogP contribution in [0.2, 0.25) is 0 Å². The molecular weight excluding hydrogens is 346 g/mol. The lowest BCUT2D eigenvalue weighted by atomic mass is 9.81. The zero-order chi connectivity index (χ0) is 18.7. The third kappa shape index (κ3) is 3.81. The monoisotopic (exact) mass is 377 g/mol. The van der Waals surface area contributed by atoms with E-state index in [1.54, 1.807) is 11.3 Å². The second-order valence-electron chi connectivity index (χ2n) is 8.03. The molecule has 144 valence electrons. The van der Waals surface area contributed by atoms with E-state index in [0.717, 1.165) is 38.9 Å². The van der Waals surface area contributed by atoms with E-state index in [1.165, 1.54) is 4.88 Å². The molecule has 1 atom stereocenters. The Bertz CT molecular complexity index is 621. The highest BCUT2D eigenvalue weighted by Gasteiger charge is 2.53. The fourth-order valence-corrected chi connectivity index (χ4v) is 5.00. The smallest absolute Gasteiger partial charge is 0.246 e. The van der Waals surface area contributed by atoms with E-state index >= 15 is 0 Å². The molecule has 5 nitrogen and oxygen atoms in total. The Morgan fingerprint density at radius 3 is 2.62 bits per heavy atom. The molecule has 0 radical (unpaired) electrons. The number of thiophene rings is 1. The Balaban J connectivity index is 1.72. The van der Waals surface area contributed by atoms with Crippen LogP contribution in [-0.4, -0.2) is 52.8 Å². The van der Waals surface area contributed by atoms with Crippen LogP contribution >= 0.6 is 11.3 Å². The van der Waals surface area contributed by atoms with Crippen LogP contribution in [-0.2, 0) is 16.1 Å². The summed E-state index contributed by atoms with van der Waals surface area (Å²) < 4.78 is 0. The van der Waals surface area contributed by atoms with E-state index in [9.17, 15) is 9.59 Å². The molecule has 1 aromatic heterocycles. The average molecular weight is 378 g/mol. The van der Waals surface area contributed by atoms with E-state index in [-0.39, 0.29) is 17.9 Å². The van der Waals surface area contributed by atoms with Gasteiger partial charge in [0, 0.05) is 31.1 Å². The molecule has 1 aromatic rings. The number of hydrogen-bond donors (Lipinski definition) is 1. The predicted molar refractivity (Wildman–Crippen MR) is 105 cm³/mol. The first-order valence-corrected chi connectivity index (χ1v) is 10.7. The van der Waals surface area contributed by atoms with E-state index in [2.05, 4.69) is 48.5 Å². The SMILES string of the molecule is CCCN1C(=O)C(CC(C)C)NC(=O)C12CCN(Cc1cccs1)CC2. The van der Waals surface area contributed by atoms with Crippen molar-refractivity contribution in [1.29, 1.82) is 0 Å². The normalized spacial score (nSPS) is 23.7. The lowest BCUT2D eigenvalue weighted by molar-refractivity contribution is -0.161. The van der Waals surface area contributed by atoms with Crippen LogP contribution in [0.15, 0.2) is 17.5 Å². The number of nitrogens with one attached hydrogen (secondary N) is 1. The summed E-state index contributed by atoms with van der Waals surface area (Å²) in [5, 5.41) is 5.16. The molecule has 0 bridgehead atoms. The first-order valence-electron chi connectivity index (χ1n) is 9.83. The Morgan fingerprint density at radius 2 is 2.04 bits per heavy atom. The van der Waals surface area contributed by atoms with Gasteiger partial charge in [0.05, 0.1) is 0 Å². The minimum atomic E-state index is -0.646. The highest BCUT2D eigenvalue weighted by molar-refractivity contribution is 7.09. The Kier molecular flexibility index (Phi) is 6.03. The highest BCUT2D eigenvalue weighted by Crippen LogP contribution is 2.34. The van der Waals surface area contributed by atoms with Gasteiger partial charge in [-0.15, -0.1) is 11.3 Å². The maximum absolute atomic E-state index is 13.1. The topological polar surface area (TPSA) is 52.7 Å². The summed E-state index contributed by atoms with van der Waals surface area (Å²) >= 11 is 1.77. The van der Waals surface area contributed by atoms with Crippen LogP contribution < -0.4 is 5.32 Å². The Morgan fingerprint density at radius 1 is 1.31 bits per heavy atom. The maximum Gasteiger partial charge on any atom is 0.246 e. The molecular formula is C20H31N3O2S. The molecule has 6 heteroatoms. The van der Waals surface area contributed by atoms with Crippen LogP contribution in [0.5, 0.6) is 0 Å². The number of rotatable bonds is 6. The van der Waals surface area contributed by atoms with Crippen molar-refractivity contribution in [2.45, 2.75) is 64.6 Å². The molecule has 0 saturated carbocycles. The van der Waals surface area contributed by atoms with Crippen molar-refractivity contribution in [2.75, 3.05) is 19.6 Å². The zero-order valence-corrected chi connectivity index (χ0v) is 17.0. The van der Waals surface area contributed by atoms with Crippen LogP contribution in [0.25, 0.3) is 0 Å². The Hall–Kier alpha value is -1.40. The molecule has 1 N–H and O–H groups in total. The van der Waals surface area contributed by atoms with Crippen molar-refractivity contribution in [2.24, 2.45) is 5.92 Å². The number of piperazine rings is 1. The van der Waals surface area contributed by atoms with E-state index in [0.29, 0.717) is 18.9 Å². The molecule has 2 amide bonds. The summed E-state index contributed by atoms with van der Waals surface area (Å²) in [7, 11) is 0. The number of likely N-dealkylation sites (tertiary alicyclic amines) is 1. The van der Waals surface area contributed by atoms with Gasteiger partial charge in [0.25, 0.3) is 0 Å². The van der Waals surface area contributed by atoms with E-state index < -0.39 is 5.54 Å². The van der Waals surface area contributed by atoms with Gasteiger partial charge in [-0.2, -0.15) is 0 Å². The summed E-state index contributed by atoms with van der Waals surface area (Å²) in [5.74, 6) is 0.563. The van der Waals surface area contributed by atoms with Gasteiger partial charge in [0.2, 0.25) is 11.8 Å². The molecule has 1 spiro atoms. The van der Waals surface area contributed by atoms with Gasteiger partial charge in [0.15, 0.2) is 0 Å². The van der Waals surface area contributed by atoms with Gasteiger partial charge in [0.1, 0.15) is 11.6 Å². The second kappa shape index (κ2) is 8.09. The molecule has 0 aliphatic carbocycles. The largest absolute Gasteiger partial charge is 0.342 e. The van der Waals surface area contributed by atoms with E-state index in [1.807, 2.05) is 4.90 Å². The molecule has 2 fully saturated rings. The minimum absolute atomic E-state index is 0.0620. The average Bonchev–Trinajstić information content (AvgIpc) is 3.11. The number of carbonyl (C=O) groups is 2. The molecule has 2 aliphatic rings. The maximum atomic E-state index is 13.1. The van der Waals surface area contributed by atoms with Crippen molar-refractivity contribution in [3.63, 3.8) is 0 Å². The number of hydrogen-bond acceptors (Lipinski definition) is 4. The van der Waals surface area contributed by atoms with Gasteiger partial charge >= 0.3 is 0 Å². The van der Waals surface area contributed by atoms with Gasteiger partial charge in [-0.1, -0.05) is 26.8 Å². The lowest BCUT2D eigenvalue weighted by Gasteiger charge is -2.51. The fourth-order valence-electron chi connectivity index (χ4n) is 4.26. The van der Waals surface area contributed by atoms with Crippen LogP contribution in [0.1, 0.15) is 51.3 Å². The Labute approximate surface area is 160 Å². The summed E-state index contributed by atoms with van der Waals surface area (Å²) in [4.78, 5) is 31.9. The molecule has 26 heavy (non-hydrogen) atoms. The summed E-state index contributed by atoms with van der Waals surface area (Å²) in [6.07, 6.45) is 3.05. The van der Waals surface area contributed by atoms with Gasteiger partial charge in [-0.3, -0.25) is 14.5 Å². The molecule has 3 heterocycles. The highest BCUT2D eigenvalue weighted by atomic mass is 32.1. The summed E-state index contributed by atoms with van der Waals surface area (Å²) in [6, 6.07) is 3.88. The number of carbonyl (C=O) groups excluding carboxylic acids is 2. The standard InChI is InChI=1S/C20H31N3O2S/c1-4-9-23-18(24)17(13-15(2)3)21-19(25)20(23)7-10-22(11-8-20)14-16-6-5-12-26-16/h5-6,12,15,17H,4,7-11,13-14H2,1-3H3,(H,21,25). The fraction of sp³-hybridized carbons (Fsp3) is 0.700. The minimum Gasteiger partial charge on any atom is -0.342 e. The third-order valence-corrected chi connectivity index (χ3v) is 6.47. The summed E-state index contributed by atoms with van der Waals surface area (Å²) in [5.41, 5.74) is -0.646. The van der Waals surface area contributed by atoms with Crippen LogP contribution in [0, 0.1) is 5.92 Å². The van der Waals surface area contributed by atoms with Crippen molar-refractivity contribution in [1.82, 2.24) is 15.1 Å². The van der Waals surface area contributed by atoms with E-state index in [4.69, 9.17) is 0 Å². The zero-order valence-electron chi connectivity index (χ0n) is 16.2. The quantitative estimate of drug-likeness (QED) is 0.829. The lowest BCUT2D eigenvalue weighted by Crippen LogP contribution is -2.72. The van der Waals surface area contributed by atoms with Gasteiger partial charge in [-0.25, -0.2) is 0 Å². The molecule has 2 aliphatic heterocycles. The van der Waals surface area contributed by atoms with Crippen molar-refractivity contribution < 1.29 is 9.59 Å². The van der Waals surface area contributed by atoms with Crippen LogP contribution in [0.4, 0.5) is 0 Å². The molecule has 0 aromatic carbocycles. The first kappa shape index (κ1) is 19.4. The number of amides is 2. The number of piperidine rings is 1. The van der Waals surface area contributed by atoms with Gasteiger partial charge in [-0.05, 0) is 43.0 Å². The molecule has 1 unspecified atom stereocenters. The second-order valence-corrected chi connectivity index (χ2v) is 9.06. The van der Waals surface area contributed by atoms with Crippen molar-refractivity contribution in [3.05, 3.63) is 22.4 Å². The molecule has 3 rings (SSSR count). The predicted octanol–water partition coefficient (Wildman–Crippen LogP) is 2.87. The van der Waals surface area contributed by atoms with Crippen LogP contribution in [0.3, 0.4) is 0 Å².